The van der Waals surface area contributed by atoms with Gasteiger partial charge in [-0.25, -0.2) is 4.98 Å². The van der Waals surface area contributed by atoms with Gasteiger partial charge in [0.25, 0.3) is 0 Å². The van der Waals surface area contributed by atoms with Crippen molar-refractivity contribution < 1.29 is 0 Å². The van der Waals surface area contributed by atoms with Crippen LogP contribution in [-0.2, 0) is 0 Å². The quantitative estimate of drug-likeness (QED) is 0.475. The Hall–Kier alpha value is -1.72. The van der Waals surface area contributed by atoms with Gasteiger partial charge in [-0.05, 0) is 41.8 Å². The van der Waals surface area contributed by atoms with E-state index in [1.807, 2.05) is 24.5 Å². The third-order valence-electron chi connectivity index (χ3n) is 3.78. The average molecular weight is 342 g/mol. The second-order valence-electron chi connectivity index (χ2n) is 7.03. The van der Waals surface area contributed by atoms with Crippen molar-refractivity contribution in [2.24, 2.45) is 0 Å². The number of nitrogens with one attached hydrogen (secondary N) is 1. The summed E-state index contributed by atoms with van der Waals surface area (Å²) in [5, 5.41) is 4.52. The number of aromatic nitrogens is 2. The summed E-state index contributed by atoms with van der Waals surface area (Å²) in [6, 6.07) is 11.9. The van der Waals surface area contributed by atoms with Gasteiger partial charge in [-0.1, -0.05) is 43.1 Å². The van der Waals surface area contributed by atoms with Gasteiger partial charge in [0.1, 0.15) is 0 Å². The molecule has 0 fully saturated rings. The van der Waals surface area contributed by atoms with Crippen molar-refractivity contribution in [3.63, 3.8) is 0 Å². The van der Waals surface area contributed by atoms with E-state index in [1.165, 1.54) is 28.3 Å². The van der Waals surface area contributed by atoms with Crippen LogP contribution in [0.2, 0.25) is 25.7 Å². The Labute approximate surface area is 142 Å². The first-order chi connectivity index (χ1) is 11.0. The van der Waals surface area contributed by atoms with E-state index in [9.17, 15) is 0 Å². The Morgan fingerprint density at radius 2 is 1.83 bits per heavy atom. The zero-order valence-corrected chi connectivity index (χ0v) is 15.8. The van der Waals surface area contributed by atoms with E-state index in [4.69, 9.17) is 0 Å². The fraction of sp³-hybridized carbons (Fsp3) is 0.333. The third kappa shape index (κ3) is 4.39. The van der Waals surface area contributed by atoms with Crippen molar-refractivity contribution in [3.8, 4) is 11.1 Å². The number of rotatable bonds is 6. The molecule has 5 heteroatoms. The smallest absolute Gasteiger partial charge is 0.183 e. The number of hydrogen-bond donors (Lipinski definition) is 1. The average Bonchev–Trinajstić information content (AvgIpc) is 2.93. The van der Waals surface area contributed by atoms with E-state index in [1.54, 1.807) is 11.3 Å². The summed E-state index contributed by atoms with van der Waals surface area (Å²) in [5.74, 6) is 0. The van der Waals surface area contributed by atoms with Gasteiger partial charge in [0.05, 0.1) is 10.2 Å². The number of anilines is 1. The molecule has 1 aromatic carbocycles. The number of benzene rings is 1. The molecule has 0 amide bonds. The van der Waals surface area contributed by atoms with Crippen LogP contribution in [0, 0.1) is 0 Å². The maximum absolute atomic E-state index is 4.69. The summed E-state index contributed by atoms with van der Waals surface area (Å²) in [5.41, 5.74) is 3.48. The highest BCUT2D eigenvalue weighted by molar-refractivity contribution is 7.22. The lowest BCUT2D eigenvalue weighted by atomic mass is 10.1. The zero-order valence-electron chi connectivity index (χ0n) is 14.0. The summed E-state index contributed by atoms with van der Waals surface area (Å²) >= 11 is 1.74. The van der Waals surface area contributed by atoms with E-state index in [-0.39, 0.29) is 0 Å². The lowest BCUT2D eigenvalue weighted by molar-refractivity contribution is 0.953. The molecule has 0 atom stereocenters. The fourth-order valence-corrected chi connectivity index (χ4v) is 4.71. The minimum Gasteiger partial charge on any atom is -0.362 e. The largest absolute Gasteiger partial charge is 0.362 e. The molecule has 0 saturated carbocycles. The first kappa shape index (κ1) is 16.1. The van der Waals surface area contributed by atoms with Crippen LogP contribution < -0.4 is 5.32 Å². The highest BCUT2D eigenvalue weighted by Crippen LogP contribution is 2.30. The molecule has 0 bridgehead atoms. The van der Waals surface area contributed by atoms with Gasteiger partial charge in [0.2, 0.25) is 0 Å². The maximum Gasteiger partial charge on any atom is 0.183 e. The molecule has 3 nitrogen and oxygen atoms in total. The monoisotopic (exact) mass is 341 g/mol. The first-order valence-corrected chi connectivity index (χ1v) is 12.6. The van der Waals surface area contributed by atoms with Crippen molar-refractivity contribution in [1.29, 1.82) is 0 Å². The molecule has 2 aromatic heterocycles. The minimum absolute atomic E-state index is 0.934. The van der Waals surface area contributed by atoms with E-state index < -0.39 is 8.07 Å². The summed E-state index contributed by atoms with van der Waals surface area (Å²) in [4.78, 5) is 8.77. The Bertz CT molecular complexity index is 778. The Morgan fingerprint density at radius 1 is 1.04 bits per heavy atom. The molecule has 0 aliphatic rings. The summed E-state index contributed by atoms with van der Waals surface area (Å²) in [7, 11) is -0.934. The second kappa shape index (κ2) is 6.80. The second-order valence-corrected chi connectivity index (χ2v) is 13.7. The predicted octanol–water partition coefficient (Wildman–Crippen LogP) is 5.50. The molecule has 0 aliphatic carbocycles. The summed E-state index contributed by atoms with van der Waals surface area (Å²) in [6.45, 7) is 8.28. The predicted molar refractivity (Wildman–Crippen MR) is 104 cm³/mol. The SMILES string of the molecule is C[Si](C)(C)CCCNc1nc2ccc(-c3ccncc3)cc2s1. The molecular formula is C18H23N3SSi. The van der Waals surface area contributed by atoms with E-state index in [0.29, 0.717) is 0 Å². The van der Waals surface area contributed by atoms with Crippen molar-refractivity contribution in [2.75, 3.05) is 11.9 Å². The van der Waals surface area contributed by atoms with Gasteiger partial charge >= 0.3 is 0 Å². The summed E-state index contributed by atoms with van der Waals surface area (Å²) < 4.78 is 1.23. The minimum atomic E-state index is -0.934. The molecule has 0 saturated heterocycles. The van der Waals surface area contributed by atoms with Crippen molar-refractivity contribution >= 4 is 34.8 Å². The van der Waals surface area contributed by atoms with Crippen molar-refractivity contribution in [1.82, 2.24) is 9.97 Å². The highest BCUT2D eigenvalue weighted by Gasteiger charge is 2.12. The zero-order chi connectivity index (χ0) is 16.3. The van der Waals surface area contributed by atoms with Crippen molar-refractivity contribution in [2.45, 2.75) is 32.1 Å². The Balaban J connectivity index is 1.70. The molecule has 0 aliphatic heterocycles. The van der Waals surface area contributed by atoms with E-state index in [2.05, 4.69) is 53.1 Å². The highest BCUT2D eigenvalue weighted by atomic mass is 32.1. The Kier molecular flexibility index (Phi) is 4.78. The molecular weight excluding hydrogens is 318 g/mol. The molecule has 0 radical (unpaired) electrons. The molecule has 3 aromatic rings. The van der Waals surface area contributed by atoms with Crippen LogP contribution in [0.3, 0.4) is 0 Å². The van der Waals surface area contributed by atoms with E-state index in [0.717, 1.165) is 17.2 Å². The standard InChI is InChI=1S/C18H23N3SSi/c1-23(2,3)12-4-9-20-18-21-16-6-5-15(13-17(16)22-18)14-7-10-19-11-8-14/h5-8,10-11,13H,4,9,12H2,1-3H3,(H,20,21). The fourth-order valence-electron chi connectivity index (χ4n) is 2.54. The normalized spacial score (nSPS) is 11.8. The van der Waals surface area contributed by atoms with Gasteiger partial charge in [-0.15, -0.1) is 0 Å². The molecule has 23 heavy (non-hydrogen) atoms. The lowest BCUT2D eigenvalue weighted by Crippen LogP contribution is -2.20. The number of hydrogen-bond acceptors (Lipinski definition) is 4. The Morgan fingerprint density at radius 3 is 2.57 bits per heavy atom. The number of fused-ring (bicyclic) bond motifs is 1. The lowest BCUT2D eigenvalue weighted by Gasteiger charge is -2.15. The topological polar surface area (TPSA) is 37.8 Å². The number of thiazole rings is 1. The van der Waals surface area contributed by atoms with Crippen LogP contribution in [0.1, 0.15) is 6.42 Å². The molecule has 1 N–H and O–H groups in total. The van der Waals surface area contributed by atoms with Gasteiger partial charge in [-0.2, -0.15) is 0 Å². The molecule has 120 valence electrons. The van der Waals surface area contributed by atoms with Crippen LogP contribution in [0.5, 0.6) is 0 Å². The van der Waals surface area contributed by atoms with Crippen molar-refractivity contribution in [3.05, 3.63) is 42.7 Å². The van der Waals surface area contributed by atoms with Crippen LogP contribution in [0.4, 0.5) is 5.13 Å². The number of nitrogens with zero attached hydrogens (tertiary/aromatic N) is 2. The summed E-state index contributed by atoms with van der Waals surface area (Å²) in [6.07, 6.45) is 4.89. The van der Waals surface area contributed by atoms with E-state index >= 15 is 0 Å². The maximum atomic E-state index is 4.69. The molecule has 3 rings (SSSR count). The van der Waals surface area contributed by atoms with Gasteiger partial charge in [0, 0.05) is 27.0 Å². The van der Waals surface area contributed by atoms with Crippen LogP contribution in [-0.4, -0.2) is 24.6 Å². The molecule has 0 unspecified atom stereocenters. The van der Waals surface area contributed by atoms with Crippen LogP contribution >= 0.6 is 11.3 Å². The van der Waals surface area contributed by atoms with Crippen LogP contribution in [0.25, 0.3) is 21.3 Å². The third-order valence-corrected chi connectivity index (χ3v) is 6.61. The first-order valence-electron chi connectivity index (χ1n) is 8.06. The number of pyridine rings is 1. The van der Waals surface area contributed by atoms with Crippen LogP contribution in [0.15, 0.2) is 42.7 Å². The van der Waals surface area contributed by atoms with Gasteiger partial charge in [0.15, 0.2) is 5.13 Å². The van der Waals surface area contributed by atoms with Gasteiger partial charge in [-0.3, -0.25) is 4.98 Å². The molecule has 2 heterocycles. The molecule has 0 spiro atoms. The van der Waals surface area contributed by atoms with Gasteiger partial charge < -0.3 is 5.32 Å².